The molecule has 0 rings (SSSR count). The van der Waals surface area contributed by atoms with E-state index in [0.717, 1.165) is 116 Å². The fourth-order valence-electron chi connectivity index (χ4n) is 6.13. The van der Waals surface area contributed by atoms with E-state index in [1.807, 2.05) is 21.1 Å². The summed E-state index contributed by atoms with van der Waals surface area (Å²) in [6, 6.07) is 0. The molecule has 0 aromatic carbocycles. The molecule has 1 N–H and O–H groups in total. The van der Waals surface area contributed by atoms with E-state index in [-0.39, 0.29) is 38.6 Å². The van der Waals surface area contributed by atoms with Crippen LogP contribution in [0.25, 0.3) is 0 Å². The number of ether oxygens (including phenoxy) is 4. The zero-order valence-electron chi connectivity index (χ0n) is 43.6. The van der Waals surface area contributed by atoms with E-state index in [1.165, 1.54) is 0 Å². The van der Waals surface area contributed by atoms with E-state index in [1.54, 1.807) is 0 Å². The average Bonchev–Trinajstić information content (AvgIpc) is 3.31. The number of carboxylic acid groups (broad SMARTS) is 1. The molecule has 2 atom stereocenters. The Kier molecular flexibility index (Phi) is 46.1. The van der Waals surface area contributed by atoms with Gasteiger partial charge in [0.2, 0.25) is 0 Å². The number of hydrogen-bond donors (Lipinski definition) is 1. The maximum atomic E-state index is 12.8. The summed E-state index contributed by atoms with van der Waals surface area (Å²) in [4.78, 5) is 37.3. The Morgan fingerprint density at radius 2 is 0.783 bits per heavy atom. The van der Waals surface area contributed by atoms with Crippen molar-refractivity contribution >= 4 is 17.9 Å². The smallest absolute Gasteiger partial charge is 0.361 e. The molecule has 0 aliphatic heterocycles. The predicted octanol–water partition coefficient (Wildman–Crippen LogP) is 14.9. The van der Waals surface area contributed by atoms with Gasteiger partial charge in [-0.25, -0.2) is 4.79 Å². The van der Waals surface area contributed by atoms with Gasteiger partial charge in [0.05, 0.1) is 34.4 Å². The number of likely N-dealkylation sites (N-methyl/N-ethyl adjacent to an activating group) is 1. The van der Waals surface area contributed by atoms with E-state index in [2.05, 4.69) is 160 Å². The average molecular weight is 957 g/mol. The first kappa shape index (κ1) is 64.2. The third-order valence-electron chi connectivity index (χ3n) is 10.1. The number of rotatable bonds is 45. The fourth-order valence-corrected chi connectivity index (χ4v) is 6.13. The van der Waals surface area contributed by atoms with Crippen molar-refractivity contribution in [3.8, 4) is 0 Å². The summed E-state index contributed by atoms with van der Waals surface area (Å²) in [5.74, 6) is -2.12. The molecule has 2 unspecified atom stereocenters. The Bertz CT molecular complexity index is 1630. The lowest BCUT2D eigenvalue weighted by atomic mass is 10.1. The van der Waals surface area contributed by atoms with Crippen LogP contribution in [0, 0.1) is 0 Å². The van der Waals surface area contributed by atoms with Crippen LogP contribution >= 0.6 is 0 Å². The lowest BCUT2D eigenvalue weighted by molar-refractivity contribution is -0.870. The zero-order valence-corrected chi connectivity index (χ0v) is 43.6. The van der Waals surface area contributed by atoms with E-state index in [4.69, 9.17) is 18.9 Å². The molecule has 0 aliphatic rings. The van der Waals surface area contributed by atoms with Crippen LogP contribution in [0.2, 0.25) is 0 Å². The minimum absolute atomic E-state index is 0.165. The number of allylic oxidation sites excluding steroid dienone is 24. The number of esters is 2. The summed E-state index contributed by atoms with van der Waals surface area (Å²) < 4.78 is 22.7. The molecule has 0 aromatic rings. The maximum absolute atomic E-state index is 12.8. The van der Waals surface area contributed by atoms with Crippen LogP contribution in [-0.2, 0) is 33.3 Å². The number of aliphatic carboxylic acids is 1. The molecule has 0 saturated carbocycles. The van der Waals surface area contributed by atoms with Crippen LogP contribution in [0.15, 0.2) is 146 Å². The van der Waals surface area contributed by atoms with Crippen molar-refractivity contribution < 1.29 is 42.9 Å². The molecule has 0 radical (unpaired) electrons. The van der Waals surface area contributed by atoms with Crippen LogP contribution in [0.3, 0.4) is 0 Å². The monoisotopic (exact) mass is 957 g/mol. The van der Waals surface area contributed by atoms with Crippen molar-refractivity contribution in [2.45, 2.75) is 167 Å². The Balaban J connectivity index is 4.50. The molecular weight excluding hydrogens is 863 g/mol. The number of nitrogens with zero attached hydrogens (tertiary/aromatic N) is 1. The van der Waals surface area contributed by atoms with Gasteiger partial charge in [0.15, 0.2) is 6.10 Å². The largest absolute Gasteiger partial charge is 0.477 e. The summed E-state index contributed by atoms with van der Waals surface area (Å²) in [5.41, 5.74) is 0. The summed E-state index contributed by atoms with van der Waals surface area (Å²) >= 11 is 0. The van der Waals surface area contributed by atoms with Crippen LogP contribution < -0.4 is 0 Å². The Morgan fingerprint density at radius 3 is 1.17 bits per heavy atom. The van der Waals surface area contributed by atoms with E-state index >= 15 is 0 Å². The second kappa shape index (κ2) is 49.6. The topological polar surface area (TPSA) is 108 Å². The number of hydrogen-bond acceptors (Lipinski definition) is 7. The van der Waals surface area contributed by atoms with Gasteiger partial charge in [-0.1, -0.05) is 173 Å². The van der Waals surface area contributed by atoms with Gasteiger partial charge in [0.1, 0.15) is 13.2 Å². The normalized spacial score (nSPS) is 14.0. The highest BCUT2D eigenvalue weighted by molar-refractivity contribution is 5.71. The highest BCUT2D eigenvalue weighted by Crippen LogP contribution is 2.11. The van der Waals surface area contributed by atoms with Gasteiger partial charge in [0.25, 0.3) is 6.29 Å². The molecule has 0 heterocycles. The molecule has 386 valence electrons. The molecular formula is C60H94NO8+. The van der Waals surface area contributed by atoms with Crippen molar-refractivity contribution in [1.82, 2.24) is 0 Å². The first-order valence-corrected chi connectivity index (χ1v) is 26.0. The Hall–Kier alpha value is -4.83. The molecule has 0 aliphatic carbocycles. The minimum Gasteiger partial charge on any atom is -0.477 e. The van der Waals surface area contributed by atoms with Gasteiger partial charge < -0.3 is 28.5 Å². The molecule has 0 amide bonds. The third kappa shape index (κ3) is 50.9. The van der Waals surface area contributed by atoms with Crippen LogP contribution in [0.4, 0.5) is 0 Å². The predicted molar refractivity (Wildman–Crippen MR) is 290 cm³/mol. The van der Waals surface area contributed by atoms with Crippen molar-refractivity contribution in [3.05, 3.63) is 146 Å². The quantitative estimate of drug-likeness (QED) is 0.0211. The van der Waals surface area contributed by atoms with Crippen molar-refractivity contribution in [2.24, 2.45) is 0 Å². The summed E-state index contributed by atoms with van der Waals surface area (Å²) in [5, 5.41) is 9.67. The van der Waals surface area contributed by atoms with Gasteiger partial charge in [-0.3, -0.25) is 9.59 Å². The number of quaternary nitrogens is 1. The molecule has 0 saturated heterocycles. The molecule has 0 aromatic heterocycles. The Morgan fingerprint density at radius 1 is 0.435 bits per heavy atom. The van der Waals surface area contributed by atoms with E-state index in [9.17, 15) is 19.5 Å². The second-order valence-corrected chi connectivity index (χ2v) is 17.7. The van der Waals surface area contributed by atoms with Crippen LogP contribution in [0.1, 0.15) is 155 Å². The standard InChI is InChI=1S/C60H93NO8/c1-6-8-10-12-14-16-18-20-22-24-25-26-27-28-29-30-31-32-33-35-37-39-41-43-45-47-49-51-58(63)69-56(55-68-60(59(64)65)66-53-52-61(3,4)5)54-67-57(62)50-48-46-44-42-40-38-36-34-23-21-19-17-15-13-11-9-7-2/h8-11,14-17,20-23,25-26,28-29,31-32,35-38,41,43,56,60H,6-7,12-13,18-19,24,27,30,33-34,39-40,42,44-55H2,1-5H3/p+1/b10-8-,11-9-,16-14-,17-15-,22-20-,23-21-,26-25-,29-28-,32-31-,37-35-,38-36-,43-41-. The molecule has 0 spiro atoms. The van der Waals surface area contributed by atoms with E-state index in [0.29, 0.717) is 23.9 Å². The zero-order chi connectivity index (χ0) is 50.6. The highest BCUT2D eigenvalue weighted by atomic mass is 16.7. The lowest BCUT2D eigenvalue weighted by Gasteiger charge is -2.25. The molecule has 0 bridgehead atoms. The number of carbonyl (C=O) groups excluding carboxylic acids is 2. The minimum atomic E-state index is -1.54. The van der Waals surface area contributed by atoms with E-state index < -0.39 is 24.3 Å². The maximum Gasteiger partial charge on any atom is 0.361 e. The van der Waals surface area contributed by atoms with Crippen molar-refractivity contribution in [1.29, 1.82) is 0 Å². The molecule has 9 nitrogen and oxygen atoms in total. The second-order valence-electron chi connectivity index (χ2n) is 17.7. The summed E-state index contributed by atoms with van der Waals surface area (Å²) in [7, 11) is 5.92. The first-order valence-electron chi connectivity index (χ1n) is 26.0. The summed E-state index contributed by atoms with van der Waals surface area (Å²) in [6.45, 7) is 4.52. The van der Waals surface area contributed by atoms with Gasteiger partial charge in [-0.05, 0) is 116 Å². The molecule has 69 heavy (non-hydrogen) atoms. The number of carbonyl (C=O) groups is 3. The lowest BCUT2D eigenvalue weighted by Crippen LogP contribution is -2.40. The van der Waals surface area contributed by atoms with Gasteiger partial charge in [-0.15, -0.1) is 0 Å². The molecule has 9 heteroatoms. The Labute approximate surface area is 420 Å². The number of unbranched alkanes of at least 4 members (excludes halogenated alkanes) is 6. The van der Waals surface area contributed by atoms with Crippen LogP contribution in [-0.4, -0.2) is 87.4 Å². The third-order valence-corrected chi connectivity index (χ3v) is 10.1. The van der Waals surface area contributed by atoms with Gasteiger partial charge >= 0.3 is 17.9 Å². The molecule has 0 fully saturated rings. The first-order chi connectivity index (χ1) is 33.6. The van der Waals surface area contributed by atoms with Gasteiger partial charge in [0, 0.05) is 12.8 Å². The van der Waals surface area contributed by atoms with Crippen molar-refractivity contribution in [3.63, 3.8) is 0 Å². The SMILES string of the molecule is CC/C=C\C/C=C\C/C=C\C/C=C\C/C=C\C/C=C\C/C=C\C/C=C\CCCCC(=O)OC(COC(=O)CCCCCC/C=C\C/C=C\C/C=C\C/C=C\CC)COC(OCC[N+](C)(C)C)C(=O)O. The van der Waals surface area contributed by atoms with Crippen LogP contribution in [0.5, 0.6) is 0 Å². The van der Waals surface area contributed by atoms with Crippen molar-refractivity contribution in [2.75, 3.05) is 47.5 Å². The number of carboxylic acids is 1. The van der Waals surface area contributed by atoms with Gasteiger partial charge in [-0.2, -0.15) is 0 Å². The fraction of sp³-hybridized carbons (Fsp3) is 0.550. The highest BCUT2D eigenvalue weighted by Gasteiger charge is 2.25. The summed E-state index contributed by atoms with van der Waals surface area (Å²) in [6.07, 6.45) is 69.2.